The molecule has 0 saturated heterocycles. The van der Waals surface area contributed by atoms with E-state index in [1.54, 1.807) is 6.07 Å². The van der Waals surface area contributed by atoms with Crippen LogP contribution < -0.4 is 10.0 Å². The van der Waals surface area contributed by atoms with Crippen molar-refractivity contribution in [3.8, 4) is 0 Å². The summed E-state index contributed by atoms with van der Waals surface area (Å²) in [5, 5.41) is 12.5. The van der Waals surface area contributed by atoms with Gasteiger partial charge in [-0.3, -0.25) is 0 Å². The number of hydrogen-bond donors (Lipinski definition) is 3. The van der Waals surface area contributed by atoms with Gasteiger partial charge in [-0.05, 0) is 43.9 Å². The first-order valence-corrected chi connectivity index (χ1v) is 9.60. The van der Waals surface area contributed by atoms with Gasteiger partial charge in [0.1, 0.15) is 0 Å². The van der Waals surface area contributed by atoms with Crippen LogP contribution in [0.5, 0.6) is 0 Å². The highest BCUT2D eigenvalue weighted by atomic mass is 32.2. The lowest BCUT2D eigenvalue weighted by Crippen LogP contribution is -2.36. The molecular formula is C16H22N2O4S. The molecule has 6 nitrogen and oxygen atoms in total. The van der Waals surface area contributed by atoms with Crippen LogP contribution in [0.15, 0.2) is 23.1 Å². The van der Waals surface area contributed by atoms with Gasteiger partial charge in [-0.25, -0.2) is 17.9 Å². The van der Waals surface area contributed by atoms with E-state index >= 15 is 0 Å². The molecule has 1 aromatic carbocycles. The Bertz CT molecular complexity index is 692. The minimum Gasteiger partial charge on any atom is -0.478 e. The van der Waals surface area contributed by atoms with Gasteiger partial charge in [-0.2, -0.15) is 0 Å². The second kappa shape index (κ2) is 6.49. The Morgan fingerprint density at radius 1 is 1.04 bits per heavy atom. The minimum atomic E-state index is -3.69. The van der Waals surface area contributed by atoms with Crippen molar-refractivity contribution >= 4 is 21.7 Å². The van der Waals surface area contributed by atoms with Crippen LogP contribution in [0.1, 0.15) is 55.3 Å². The van der Waals surface area contributed by atoms with E-state index in [2.05, 4.69) is 10.0 Å². The lowest BCUT2D eigenvalue weighted by molar-refractivity contribution is 0.0697. The Morgan fingerprint density at radius 2 is 1.74 bits per heavy atom. The van der Waals surface area contributed by atoms with Crippen LogP contribution in [-0.2, 0) is 10.0 Å². The Hall–Kier alpha value is -1.60. The summed E-state index contributed by atoms with van der Waals surface area (Å²) in [5.41, 5.74) is 0.486. The fourth-order valence-electron chi connectivity index (χ4n) is 2.95. The highest BCUT2D eigenvalue weighted by molar-refractivity contribution is 7.89. The topological polar surface area (TPSA) is 95.5 Å². The summed E-state index contributed by atoms with van der Waals surface area (Å²) in [6.07, 6.45) is 6.90. The molecule has 23 heavy (non-hydrogen) atoms. The van der Waals surface area contributed by atoms with E-state index in [-0.39, 0.29) is 16.5 Å². The third-order valence-corrected chi connectivity index (χ3v) is 5.91. The second-order valence-electron chi connectivity index (χ2n) is 6.39. The van der Waals surface area contributed by atoms with Crippen molar-refractivity contribution in [2.75, 3.05) is 5.32 Å². The van der Waals surface area contributed by atoms with Gasteiger partial charge in [0.05, 0.1) is 10.5 Å². The van der Waals surface area contributed by atoms with Crippen molar-refractivity contribution in [2.45, 2.75) is 61.9 Å². The van der Waals surface area contributed by atoms with Gasteiger partial charge in [0.2, 0.25) is 10.0 Å². The van der Waals surface area contributed by atoms with Gasteiger partial charge in [-0.15, -0.1) is 0 Å². The molecular weight excluding hydrogens is 316 g/mol. The van der Waals surface area contributed by atoms with Gasteiger partial charge in [0.15, 0.2) is 0 Å². The van der Waals surface area contributed by atoms with Crippen LogP contribution in [0.2, 0.25) is 0 Å². The quantitative estimate of drug-likeness (QED) is 0.741. The number of carboxylic acid groups (broad SMARTS) is 1. The van der Waals surface area contributed by atoms with Crippen LogP contribution in [-0.4, -0.2) is 31.6 Å². The summed E-state index contributed by atoms with van der Waals surface area (Å²) in [6.45, 7) is 0. The highest BCUT2D eigenvalue weighted by Crippen LogP contribution is 2.28. The van der Waals surface area contributed by atoms with Gasteiger partial charge >= 0.3 is 5.97 Å². The second-order valence-corrected chi connectivity index (χ2v) is 8.10. The number of sulfonamides is 1. The number of carbonyl (C=O) groups is 1. The first-order valence-electron chi connectivity index (χ1n) is 8.12. The molecule has 2 aliphatic rings. The van der Waals surface area contributed by atoms with Crippen LogP contribution in [0.25, 0.3) is 0 Å². The molecule has 3 rings (SSSR count). The molecule has 0 radical (unpaired) electrons. The van der Waals surface area contributed by atoms with E-state index in [1.807, 2.05) is 0 Å². The first kappa shape index (κ1) is 16.3. The van der Waals surface area contributed by atoms with Crippen molar-refractivity contribution in [2.24, 2.45) is 0 Å². The molecule has 0 unspecified atom stereocenters. The predicted molar refractivity (Wildman–Crippen MR) is 87.2 cm³/mol. The van der Waals surface area contributed by atoms with Crippen molar-refractivity contribution in [1.29, 1.82) is 0 Å². The summed E-state index contributed by atoms with van der Waals surface area (Å²) < 4.78 is 27.7. The summed E-state index contributed by atoms with van der Waals surface area (Å²) in [4.78, 5) is 11.5. The van der Waals surface area contributed by atoms with Crippen LogP contribution in [0.4, 0.5) is 5.69 Å². The van der Waals surface area contributed by atoms with Gasteiger partial charge < -0.3 is 10.4 Å². The standard InChI is InChI=1S/C16H22N2O4S/c19-16(20)14-10-13(8-9-15(14)17-11-6-7-11)23(21,22)18-12-4-2-1-3-5-12/h8-12,17-18H,1-7H2,(H,19,20). The van der Waals surface area contributed by atoms with Gasteiger partial charge in [-0.1, -0.05) is 19.3 Å². The van der Waals surface area contributed by atoms with E-state index in [0.717, 1.165) is 44.9 Å². The first-order chi connectivity index (χ1) is 11.0. The maximum absolute atomic E-state index is 12.5. The molecule has 0 aromatic heterocycles. The summed E-state index contributed by atoms with van der Waals surface area (Å²) in [5.74, 6) is -1.12. The maximum atomic E-state index is 12.5. The Kier molecular flexibility index (Phi) is 4.59. The number of nitrogens with one attached hydrogen (secondary N) is 2. The van der Waals surface area contributed by atoms with E-state index in [0.29, 0.717) is 11.7 Å². The van der Waals surface area contributed by atoms with E-state index in [9.17, 15) is 18.3 Å². The van der Waals surface area contributed by atoms with Crippen molar-refractivity contribution in [3.63, 3.8) is 0 Å². The highest BCUT2D eigenvalue weighted by Gasteiger charge is 2.26. The minimum absolute atomic E-state index is 0.00317. The Labute approximate surface area is 136 Å². The molecule has 0 atom stereocenters. The van der Waals surface area contributed by atoms with Crippen LogP contribution in [0, 0.1) is 0 Å². The molecule has 0 bridgehead atoms. The smallest absolute Gasteiger partial charge is 0.337 e. The van der Waals surface area contributed by atoms with Gasteiger partial charge in [0.25, 0.3) is 0 Å². The molecule has 2 saturated carbocycles. The molecule has 1 aromatic rings. The molecule has 0 spiro atoms. The average Bonchev–Trinajstić information content (AvgIpc) is 3.32. The van der Waals surface area contributed by atoms with Crippen molar-refractivity contribution in [1.82, 2.24) is 4.72 Å². The van der Waals surface area contributed by atoms with Crippen LogP contribution >= 0.6 is 0 Å². The normalized spacial score (nSPS) is 19.5. The number of benzene rings is 1. The molecule has 0 heterocycles. The molecule has 0 aliphatic heterocycles. The number of anilines is 1. The Morgan fingerprint density at radius 3 is 2.35 bits per heavy atom. The number of hydrogen-bond acceptors (Lipinski definition) is 4. The largest absolute Gasteiger partial charge is 0.478 e. The third-order valence-electron chi connectivity index (χ3n) is 4.40. The van der Waals surface area contributed by atoms with E-state index < -0.39 is 16.0 Å². The Balaban J connectivity index is 1.82. The van der Waals surface area contributed by atoms with Crippen molar-refractivity contribution < 1.29 is 18.3 Å². The molecule has 2 aliphatic carbocycles. The number of rotatable bonds is 6. The molecule has 7 heteroatoms. The van der Waals surface area contributed by atoms with E-state index in [1.165, 1.54) is 12.1 Å². The predicted octanol–water partition coefficient (Wildman–Crippen LogP) is 2.57. The fraction of sp³-hybridized carbons (Fsp3) is 0.562. The molecule has 3 N–H and O–H groups in total. The SMILES string of the molecule is O=C(O)c1cc(S(=O)(=O)NC2CCCCC2)ccc1NC1CC1. The zero-order chi connectivity index (χ0) is 16.4. The molecule has 2 fully saturated rings. The monoisotopic (exact) mass is 338 g/mol. The lowest BCUT2D eigenvalue weighted by atomic mass is 9.96. The number of carboxylic acids is 1. The molecule has 0 amide bonds. The zero-order valence-corrected chi connectivity index (χ0v) is 13.7. The average molecular weight is 338 g/mol. The summed E-state index contributed by atoms with van der Waals surface area (Å²) in [7, 11) is -3.69. The maximum Gasteiger partial charge on any atom is 0.337 e. The lowest BCUT2D eigenvalue weighted by Gasteiger charge is -2.22. The molecule has 126 valence electrons. The summed E-state index contributed by atoms with van der Waals surface area (Å²) in [6, 6.07) is 4.53. The van der Waals surface area contributed by atoms with Crippen LogP contribution in [0.3, 0.4) is 0 Å². The van der Waals surface area contributed by atoms with Gasteiger partial charge in [0, 0.05) is 17.8 Å². The fourth-order valence-corrected chi connectivity index (χ4v) is 4.28. The summed E-state index contributed by atoms with van der Waals surface area (Å²) >= 11 is 0. The van der Waals surface area contributed by atoms with E-state index in [4.69, 9.17) is 0 Å². The van der Waals surface area contributed by atoms with Crippen molar-refractivity contribution in [3.05, 3.63) is 23.8 Å². The number of aromatic carboxylic acids is 1. The zero-order valence-electron chi connectivity index (χ0n) is 12.9. The third kappa shape index (κ3) is 4.03.